The van der Waals surface area contributed by atoms with Crippen molar-refractivity contribution in [2.75, 3.05) is 19.8 Å². The number of halogens is 1. The second-order valence-corrected chi connectivity index (χ2v) is 10.1. The number of carbonyl (C=O) groups excluding carboxylic acids is 2. The van der Waals surface area contributed by atoms with E-state index in [0.29, 0.717) is 42.6 Å². The van der Waals surface area contributed by atoms with Crippen LogP contribution in [0.2, 0.25) is 5.15 Å². The second-order valence-electron chi connectivity index (χ2n) is 9.77. The van der Waals surface area contributed by atoms with Crippen LogP contribution in [-0.4, -0.2) is 48.1 Å². The van der Waals surface area contributed by atoms with E-state index >= 15 is 0 Å². The molecule has 2 aromatic carbocycles. The van der Waals surface area contributed by atoms with Crippen LogP contribution < -0.4 is 10.7 Å². The van der Waals surface area contributed by atoms with Gasteiger partial charge in [0.25, 0.3) is 0 Å². The average molecular weight is 539 g/mol. The van der Waals surface area contributed by atoms with Crippen molar-refractivity contribution in [1.82, 2.24) is 15.3 Å². The molecule has 0 bridgehead atoms. The van der Waals surface area contributed by atoms with Crippen LogP contribution in [0.15, 0.2) is 58.0 Å². The third-order valence-electron chi connectivity index (χ3n) is 5.57. The van der Waals surface area contributed by atoms with E-state index in [9.17, 15) is 9.59 Å². The number of rotatable bonds is 9. The van der Waals surface area contributed by atoms with Crippen molar-refractivity contribution in [2.24, 2.45) is 5.10 Å². The molecule has 0 fully saturated rings. The van der Waals surface area contributed by atoms with Gasteiger partial charge in [0.2, 0.25) is 0 Å². The number of nitrogens with one attached hydrogen (secondary N) is 2. The minimum absolute atomic E-state index is 0.176. The molecule has 0 atom stereocenters. The Morgan fingerprint density at radius 2 is 1.92 bits per heavy atom. The minimum Gasteiger partial charge on any atom is -0.451 e. The predicted molar refractivity (Wildman–Crippen MR) is 148 cm³/mol. The lowest BCUT2D eigenvalue weighted by Gasteiger charge is -2.19. The number of ether oxygens (including phenoxy) is 2. The Labute approximate surface area is 225 Å². The maximum Gasteiger partial charge on any atom is 0.407 e. The molecule has 200 valence electrons. The first-order valence-electron chi connectivity index (χ1n) is 12.3. The van der Waals surface area contributed by atoms with E-state index in [4.69, 9.17) is 25.5 Å². The number of benzene rings is 2. The number of hydrogen-bond donors (Lipinski definition) is 2. The van der Waals surface area contributed by atoms with Crippen LogP contribution in [0.25, 0.3) is 21.9 Å². The van der Waals surface area contributed by atoms with Crippen molar-refractivity contribution in [3.8, 4) is 0 Å². The highest BCUT2D eigenvalue weighted by atomic mass is 35.5. The smallest absolute Gasteiger partial charge is 0.407 e. The third-order valence-corrected chi connectivity index (χ3v) is 5.98. The summed E-state index contributed by atoms with van der Waals surface area (Å²) in [6, 6.07) is 15.1. The van der Waals surface area contributed by atoms with Crippen molar-refractivity contribution in [3.63, 3.8) is 0 Å². The third kappa shape index (κ3) is 6.73. The van der Waals surface area contributed by atoms with Crippen molar-refractivity contribution in [2.45, 2.75) is 39.8 Å². The largest absolute Gasteiger partial charge is 0.451 e. The standard InChI is InChI=1S/C28H31ClN4O5/c1-18-9-10-23-19(15-18)16-24(37-23)26(34)32-31-17-21-20-7-5-6-8-22(20)33(25(21)29)12-14-36-13-11-30-27(35)38-28(2,3)4/h5-10,15-17H,11-14H2,1-4H3,(H,30,35)(H,32,34)/b31-17+. The fourth-order valence-corrected chi connectivity index (χ4v) is 4.25. The number of amides is 2. The quantitative estimate of drug-likeness (QED) is 0.162. The lowest BCUT2D eigenvalue weighted by Crippen LogP contribution is -2.34. The van der Waals surface area contributed by atoms with Gasteiger partial charge in [-0.05, 0) is 52.0 Å². The average Bonchev–Trinajstić information content (AvgIpc) is 3.39. The first-order valence-corrected chi connectivity index (χ1v) is 12.6. The van der Waals surface area contributed by atoms with Crippen LogP contribution in [0.1, 0.15) is 42.5 Å². The van der Waals surface area contributed by atoms with Gasteiger partial charge in [-0.25, -0.2) is 10.2 Å². The zero-order valence-corrected chi connectivity index (χ0v) is 22.6. The Bertz CT molecular complexity index is 1480. The zero-order chi connectivity index (χ0) is 27.3. The van der Waals surface area contributed by atoms with Crippen LogP contribution in [0, 0.1) is 6.92 Å². The van der Waals surface area contributed by atoms with E-state index in [2.05, 4.69) is 15.8 Å². The molecule has 9 nitrogen and oxygen atoms in total. The molecular formula is C28H31ClN4O5. The Balaban J connectivity index is 1.36. The summed E-state index contributed by atoms with van der Waals surface area (Å²) in [5.41, 5.74) is 5.27. The number of hydrogen-bond acceptors (Lipinski definition) is 6. The first kappa shape index (κ1) is 27.2. The normalized spacial score (nSPS) is 11.9. The first-order chi connectivity index (χ1) is 18.1. The predicted octanol–water partition coefficient (Wildman–Crippen LogP) is 5.65. The maximum atomic E-state index is 12.6. The Morgan fingerprint density at radius 1 is 1.13 bits per heavy atom. The second kappa shape index (κ2) is 11.7. The molecular weight excluding hydrogens is 508 g/mol. The van der Waals surface area contributed by atoms with Gasteiger partial charge in [0.05, 0.1) is 19.4 Å². The monoisotopic (exact) mass is 538 g/mol. The summed E-state index contributed by atoms with van der Waals surface area (Å²) in [7, 11) is 0. The Kier molecular flexibility index (Phi) is 8.38. The van der Waals surface area contributed by atoms with Crippen molar-refractivity contribution >= 4 is 51.7 Å². The molecule has 0 radical (unpaired) electrons. The minimum atomic E-state index is -0.548. The molecule has 2 heterocycles. The highest BCUT2D eigenvalue weighted by Crippen LogP contribution is 2.29. The van der Waals surface area contributed by atoms with Crippen molar-refractivity contribution in [3.05, 3.63) is 70.6 Å². The maximum absolute atomic E-state index is 12.6. The molecule has 0 unspecified atom stereocenters. The summed E-state index contributed by atoms with van der Waals surface area (Å²) in [4.78, 5) is 24.3. The molecule has 2 aromatic heterocycles. The molecule has 10 heteroatoms. The number of nitrogens with zero attached hydrogens (tertiary/aromatic N) is 2. The number of alkyl carbamates (subject to hydrolysis) is 1. The molecule has 38 heavy (non-hydrogen) atoms. The van der Waals surface area contributed by atoms with Gasteiger partial charge in [0, 0.05) is 34.9 Å². The van der Waals surface area contributed by atoms with E-state index in [0.717, 1.165) is 21.9 Å². The van der Waals surface area contributed by atoms with Crippen LogP contribution in [0.5, 0.6) is 0 Å². The van der Waals surface area contributed by atoms with Gasteiger partial charge in [-0.15, -0.1) is 0 Å². The van der Waals surface area contributed by atoms with E-state index in [1.54, 1.807) is 6.07 Å². The molecule has 0 aliphatic rings. The number of furan rings is 1. The molecule has 2 amide bonds. The van der Waals surface area contributed by atoms with Gasteiger partial charge in [-0.3, -0.25) is 4.79 Å². The highest BCUT2D eigenvalue weighted by molar-refractivity contribution is 6.34. The molecule has 0 spiro atoms. The molecule has 4 rings (SSSR count). The summed E-state index contributed by atoms with van der Waals surface area (Å²) in [6.45, 7) is 8.94. The lowest BCUT2D eigenvalue weighted by molar-refractivity contribution is 0.0497. The molecule has 0 aliphatic carbocycles. The molecule has 4 aromatic rings. The lowest BCUT2D eigenvalue weighted by atomic mass is 10.2. The summed E-state index contributed by atoms with van der Waals surface area (Å²) in [5.74, 6) is -0.280. The summed E-state index contributed by atoms with van der Waals surface area (Å²) >= 11 is 6.71. The highest BCUT2D eigenvalue weighted by Gasteiger charge is 2.17. The Hall–Kier alpha value is -3.82. The SMILES string of the molecule is Cc1ccc2oc(C(=O)N/N=C/c3c(Cl)n(CCOCCNC(=O)OC(C)(C)C)c4ccccc34)cc2c1. The number of aryl methyl sites for hydroxylation is 1. The summed E-state index contributed by atoms with van der Waals surface area (Å²) < 4.78 is 18.4. The fourth-order valence-electron chi connectivity index (χ4n) is 3.92. The number of hydrazone groups is 1. The van der Waals surface area contributed by atoms with Gasteiger partial charge in [-0.1, -0.05) is 41.4 Å². The van der Waals surface area contributed by atoms with Crippen molar-refractivity contribution in [1.29, 1.82) is 0 Å². The molecule has 0 aliphatic heterocycles. The van der Waals surface area contributed by atoms with Gasteiger partial charge >= 0.3 is 12.0 Å². The van der Waals surface area contributed by atoms with Crippen LogP contribution in [-0.2, 0) is 16.0 Å². The van der Waals surface area contributed by atoms with Crippen LogP contribution in [0.3, 0.4) is 0 Å². The van der Waals surface area contributed by atoms with Gasteiger partial charge < -0.3 is 23.8 Å². The van der Waals surface area contributed by atoms with E-state index in [1.165, 1.54) is 6.21 Å². The van der Waals surface area contributed by atoms with Crippen molar-refractivity contribution < 1.29 is 23.5 Å². The van der Waals surface area contributed by atoms with E-state index in [1.807, 2.05) is 74.7 Å². The Morgan fingerprint density at radius 3 is 2.71 bits per heavy atom. The van der Waals surface area contributed by atoms with Crippen LogP contribution in [0.4, 0.5) is 4.79 Å². The summed E-state index contributed by atoms with van der Waals surface area (Å²) in [5, 5.41) is 9.00. The number of fused-ring (bicyclic) bond motifs is 2. The topological polar surface area (TPSA) is 107 Å². The number of carbonyl (C=O) groups is 2. The zero-order valence-electron chi connectivity index (χ0n) is 21.8. The molecule has 0 saturated carbocycles. The van der Waals surface area contributed by atoms with Crippen LogP contribution >= 0.6 is 11.6 Å². The van der Waals surface area contributed by atoms with E-state index < -0.39 is 17.6 Å². The number of aromatic nitrogens is 1. The van der Waals surface area contributed by atoms with Gasteiger partial charge in [0.15, 0.2) is 5.76 Å². The fraction of sp³-hybridized carbons (Fsp3) is 0.321. The molecule has 0 saturated heterocycles. The van der Waals surface area contributed by atoms with E-state index in [-0.39, 0.29) is 5.76 Å². The summed E-state index contributed by atoms with van der Waals surface area (Å²) in [6.07, 6.45) is 1.05. The van der Waals surface area contributed by atoms with Gasteiger partial charge in [-0.2, -0.15) is 5.10 Å². The molecule has 2 N–H and O–H groups in total. The number of para-hydroxylation sites is 1. The van der Waals surface area contributed by atoms with Gasteiger partial charge in [0.1, 0.15) is 16.3 Å².